The molecule has 4 nitrogen and oxygen atoms in total. The van der Waals surface area contributed by atoms with Gasteiger partial charge in [0, 0.05) is 11.9 Å². The van der Waals surface area contributed by atoms with Gasteiger partial charge in [-0.1, -0.05) is 42.5 Å². The van der Waals surface area contributed by atoms with Crippen LogP contribution in [0.2, 0.25) is 0 Å². The molecule has 1 fully saturated rings. The number of carbonyl (C=O) groups is 2. The smallest absolute Gasteiger partial charge is 0.337 e. The van der Waals surface area contributed by atoms with Gasteiger partial charge in [-0.3, -0.25) is 4.79 Å². The van der Waals surface area contributed by atoms with Crippen LogP contribution in [0.5, 0.6) is 0 Å². The Bertz CT molecular complexity index is 1130. The molecular weight excluding hydrogens is 362 g/mol. The minimum absolute atomic E-state index is 0.233. The number of hydrogen-bond acceptors (Lipinski definition) is 3. The molecule has 0 aromatic heterocycles. The van der Waals surface area contributed by atoms with E-state index in [0.29, 0.717) is 5.56 Å². The lowest BCUT2D eigenvalue weighted by Crippen LogP contribution is -2.38. The first-order valence-electron chi connectivity index (χ1n) is 10.1. The maximum absolute atomic E-state index is 13.6. The van der Waals surface area contributed by atoms with Gasteiger partial charge in [0.25, 0.3) is 0 Å². The number of nitrogens with zero attached hydrogens (tertiary/aromatic N) is 1. The van der Waals surface area contributed by atoms with Gasteiger partial charge >= 0.3 is 5.97 Å². The lowest BCUT2D eigenvalue weighted by atomic mass is 9.70. The normalized spacial score (nSPS) is 20.9. The Morgan fingerprint density at radius 2 is 1.83 bits per heavy atom. The van der Waals surface area contributed by atoms with Crippen LogP contribution in [0.4, 0.5) is 5.69 Å². The summed E-state index contributed by atoms with van der Waals surface area (Å²) in [4.78, 5) is 27.4. The van der Waals surface area contributed by atoms with E-state index in [1.54, 1.807) is 0 Å². The molecule has 2 aliphatic rings. The van der Waals surface area contributed by atoms with Gasteiger partial charge in [0.15, 0.2) is 0 Å². The summed E-state index contributed by atoms with van der Waals surface area (Å²) in [6.45, 7) is 0.752. The first-order chi connectivity index (χ1) is 14.1. The van der Waals surface area contributed by atoms with Crippen molar-refractivity contribution in [1.82, 2.24) is 0 Å². The number of rotatable bonds is 2. The Morgan fingerprint density at radius 1 is 1.00 bits per heavy atom. The zero-order chi connectivity index (χ0) is 20.0. The molecule has 0 N–H and O–H groups in total. The van der Waals surface area contributed by atoms with Gasteiger partial charge in [0.05, 0.1) is 23.8 Å². The van der Waals surface area contributed by atoms with E-state index < -0.39 is 0 Å². The average molecular weight is 385 g/mol. The largest absolute Gasteiger partial charge is 0.465 e. The Kier molecular flexibility index (Phi) is 4.16. The highest BCUT2D eigenvalue weighted by atomic mass is 16.5. The maximum atomic E-state index is 13.6. The van der Waals surface area contributed by atoms with Gasteiger partial charge < -0.3 is 9.64 Å². The number of methoxy groups -OCH3 is 1. The predicted molar refractivity (Wildman–Crippen MR) is 113 cm³/mol. The third kappa shape index (κ3) is 2.82. The summed E-state index contributed by atoms with van der Waals surface area (Å²) in [6, 6.07) is 20.1. The lowest BCUT2D eigenvalue weighted by Gasteiger charge is -2.33. The zero-order valence-corrected chi connectivity index (χ0v) is 16.5. The van der Waals surface area contributed by atoms with Crippen molar-refractivity contribution in [2.24, 2.45) is 5.41 Å². The number of anilines is 1. The van der Waals surface area contributed by atoms with E-state index in [0.717, 1.165) is 54.3 Å². The third-order valence-corrected chi connectivity index (χ3v) is 6.60. The summed E-state index contributed by atoms with van der Waals surface area (Å²) >= 11 is 0. The van der Waals surface area contributed by atoms with Crippen LogP contribution in [-0.2, 0) is 22.4 Å². The summed E-state index contributed by atoms with van der Waals surface area (Å²) in [5, 5.41) is 2.28. The molecule has 29 heavy (non-hydrogen) atoms. The van der Waals surface area contributed by atoms with E-state index in [2.05, 4.69) is 24.3 Å². The summed E-state index contributed by atoms with van der Waals surface area (Å²) < 4.78 is 4.84. The topological polar surface area (TPSA) is 46.6 Å². The van der Waals surface area contributed by atoms with Crippen LogP contribution < -0.4 is 4.90 Å². The summed E-state index contributed by atoms with van der Waals surface area (Å²) in [7, 11) is 1.40. The van der Waals surface area contributed by atoms with E-state index >= 15 is 0 Å². The minimum Gasteiger partial charge on any atom is -0.465 e. The molecule has 3 aromatic carbocycles. The highest BCUT2D eigenvalue weighted by Crippen LogP contribution is 2.46. The van der Waals surface area contributed by atoms with Crippen molar-refractivity contribution in [3.05, 3.63) is 77.4 Å². The molecule has 4 heteroatoms. The number of amides is 1. The van der Waals surface area contributed by atoms with Gasteiger partial charge in [-0.15, -0.1) is 0 Å². The van der Waals surface area contributed by atoms with Gasteiger partial charge in [-0.2, -0.15) is 0 Å². The van der Waals surface area contributed by atoms with Crippen molar-refractivity contribution in [3.63, 3.8) is 0 Å². The van der Waals surface area contributed by atoms with Crippen LogP contribution >= 0.6 is 0 Å². The molecule has 1 atom stereocenters. The molecule has 0 radical (unpaired) electrons. The number of ether oxygens (including phenoxy) is 1. The summed E-state index contributed by atoms with van der Waals surface area (Å²) in [6.07, 6.45) is 3.25. The lowest BCUT2D eigenvalue weighted by molar-refractivity contribution is -0.126. The first kappa shape index (κ1) is 17.9. The second kappa shape index (κ2) is 6.73. The number of esters is 1. The number of fused-ring (bicyclic) bond motifs is 2. The zero-order valence-electron chi connectivity index (χ0n) is 16.5. The van der Waals surface area contributed by atoms with Gasteiger partial charge in [0.1, 0.15) is 0 Å². The van der Waals surface area contributed by atoms with Crippen molar-refractivity contribution >= 4 is 28.3 Å². The van der Waals surface area contributed by atoms with E-state index in [-0.39, 0.29) is 17.3 Å². The van der Waals surface area contributed by atoms with Crippen molar-refractivity contribution in [1.29, 1.82) is 0 Å². The predicted octanol–water partition coefficient (Wildman–Crippen LogP) is 4.54. The summed E-state index contributed by atoms with van der Waals surface area (Å²) in [5.74, 6) is -0.0799. The standard InChI is InChI=1S/C25H23NO3/c1-29-23(27)19-9-10-20-16-25(12-11-18(20)15-19)13-14-26(24(25)28)22-8-4-6-17-5-2-3-7-21(17)22/h2-10,15H,11-14,16H2,1H3/t25-/m0/s1. The van der Waals surface area contributed by atoms with Crippen LogP contribution in [0.15, 0.2) is 60.7 Å². The number of benzene rings is 3. The Morgan fingerprint density at radius 3 is 2.69 bits per heavy atom. The summed E-state index contributed by atoms with van der Waals surface area (Å²) in [5.41, 5.74) is 3.59. The molecule has 5 rings (SSSR count). The second-order valence-corrected chi connectivity index (χ2v) is 8.14. The van der Waals surface area contributed by atoms with Crippen LogP contribution in [0.25, 0.3) is 10.8 Å². The molecule has 0 unspecified atom stereocenters. The Balaban J connectivity index is 1.46. The maximum Gasteiger partial charge on any atom is 0.337 e. The van der Waals surface area contributed by atoms with Gasteiger partial charge in [-0.05, 0) is 60.4 Å². The first-order valence-corrected chi connectivity index (χ1v) is 10.1. The van der Waals surface area contributed by atoms with Crippen molar-refractivity contribution < 1.29 is 14.3 Å². The number of aryl methyl sites for hydroxylation is 1. The van der Waals surface area contributed by atoms with E-state index in [4.69, 9.17) is 4.74 Å². The van der Waals surface area contributed by atoms with Crippen molar-refractivity contribution in [2.75, 3.05) is 18.6 Å². The highest BCUT2D eigenvalue weighted by Gasteiger charge is 2.48. The number of hydrogen-bond donors (Lipinski definition) is 0. The van der Waals surface area contributed by atoms with Crippen LogP contribution in [0, 0.1) is 5.41 Å². The quantitative estimate of drug-likeness (QED) is 0.609. The number of carbonyl (C=O) groups excluding carboxylic acids is 2. The van der Waals surface area contributed by atoms with Crippen LogP contribution in [0.3, 0.4) is 0 Å². The molecule has 1 aliphatic carbocycles. The molecule has 1 aliphatic heterocycles. The molecule has 1 spiro atoms. The average Bonchev–Trinajstić information content (AvgIpc) is 3.07. The molecule has 0 bridgehead atoms. The van der Waals surface area contributed by atoms with E-state index in [1.165, 1.54) is 12.7 Å². The minimum atomic E-state index is -0.337. The molecule has 1 amide bonds. The van der Waals surface area contributed by atoms with Crippen molar-refractivity contribution in [3.8, 4) is 0 Å². The fraction of sp³-hybridized carbons (Fsp3) is 0.280. The van der Waals surface area contributed by atoms with E-state index in [9.17, 15) is 9.59 Å². The molecule has 146 valence electrons. The Hall–Kier alpha value is -3.14. The van der Waals surface area contributed by atoms with Crippen LogP contribution in [0.1, 0.15) is 34.3 Å². The van der Waals surface area contributed by atoms with Crippen LogP contribution in [-0.4, -0.2) is 25.5 Å². The fourth-order valence-electron chi connectivity index (χ4n) is 4.99. The fourth-order valence-corrected chi connectivity index (χ4v) is 4.99. The SMILES string of the molecule is COC(=O)c1ccc2c(c1)CC[C@]1(CCN(c3cccc4ccccc34)C1=O)C2. The second-order valence-electron chi connectivity index (χ2n) is 8.14. The molecule has 0 saturated carbocycles. The van der Waals surface area contributed by atoms with Gasteiger partial charge in [0.2, 0.25) is 5.91 Å². The molecular formula is C25H23NO3. The Labute approximate surface area is 170 Å². The monoisotopic (exact) mass is 385 g/mol. The molecule has 3 aromatic rings. The van der Waals surface area contributed by atoms with E-state index in [1.807, 2.05) is 41.3 Å². The third-order valence-electron chi connectivity index (χ3n) is 6.60. The van der Waals surface area contributed by atoms with Gasteiger partial charge in [-0.25, -0.2) is 4.79 Å². The molecule has 1 heterocycles. The van der Waals surface area contributed by atoms with Crippen molar-refractivity contribution in [2.45, 2.75) is 25.7 Å². The molecule has 1 saturated heterocycles. The highest BCUT2D eigenvalue weighted by molar-refractivity contribution is 6.07.